The minimum atomic E-state index is -0.531. The van der Waals surface area contributed by atoms with Crippen LogP contribution in [0.1, 0.15) is 39.5 Å². The SMILES string of the molecule is CC1(C)CCC(C(O)C(N)CO)CC1. The molecule has 0 aliphatic heterocycles. The van der Waals surface area contributed by atoms with E-state index in [1.54, 1.807) is 0 Å². The van der Waals surface area contributed by atoms with E-state index >= 15 is 0 Å². The van der Waals surface area contributed by atoms with E-state index in [0.29, 0.717) is 5.41 Å². The van der Waals surface area contributed by atoms with Crippen molar-refractivity contribution in [3.63, 3.8) is 0 Å². The van der Waals surface area contributed by atoms with Gasteiger partial charge in [0.05, 0.1) is 18.8 Å². The van der Waals surface area contributed by atoms with Gasteiger partial charge in [0.1, 0.15) is 0 Å². The molecule has 0 aromatic rings. The lowest BCUT2D eigenvalue weighted by Crippen LogP contribution is -2.44. The highest BCUT2D eigenvalue weighted by atomic mass is 16.3. The molecular weight excluding hydrogens is 178 g/mol. The molecule has 0 saturated heterocycles. The minimum Gasteiger partial charge on any atom is -0.395 e. The summed E-state index contributed by atoms with van der Waals surface area (Å²) in [5.74, 6) is 0.283. The first-order chi connectivity index (χ1) is 6.46. The second kappa shape index (κ2) is 4.60. The number of hydrogen-bond donors (Lipinski definition) is 3. The van der Waals surface area contributed by atoms with Crippen LogP contribution in [0, 0.1) is 11.3 Å². The highest BCUT2D eigenvalue weighted by Crippen LogP contribution is 2.39. The van der Waals surface area contributed by atoms with Crippen LogP contribution >= 0.6 is 0 Å². The fourth-order valence-corrected chi connectivity index (χ4v) is 2.22. The van der Waals surface area contributed by atoms with Gasteiger partial charge in [0.2, 0.25) is 0 Å². The maximum atomic E-state index is 9.83. The summed E-state index contributed by atoms with van der Waals surface area (Å²) in [5, 5.41) is 18.7. The summed E-state index contributed by atoms with van der Waals surface area (Å²) in [6.45, 7) is 4.41. The van der Waals surface area contributed by atoms with Crippen LogP contribution < -0.4 is 5.73 Å². The summed E-state index contributed by atoms with van der Waals surface area (Å²) < 4.78 is 0. The Hall–Kier alpha value is -0.120. The number of rotatable bonds is 3. The first-order valence-electron chi connectivity index (χ1n) is 5.51. The van der Waals surface area contributed by atoms with Gasteiger partial charge in [-0.2, -0.15) is 0 Å². The third-order valence-electron chi connectivity index (χ3n) is 3.52. The quantitative estimate of drug-likeness (QED) is 0.635. The summed E-state index contributed by atoms with van der Waals surface area (Å²) in [7, 11) is 0. The largest absolute Gasteiger partial charge is 0.395 e. The second-order valence-electron chi connectivity index (χ2n) is 5.34. The second-order valence-corrected chi connectivity index (χ2v) is 5.34. The molecule has 1 aliphatic carbocycles. The lowest BCUT2D eigenvalue weighted by Gasteiger charge is -2.37. The Morgan fingerprint density at radius 2 is 1.86 bits per heavy atom. The zero-order valence-corrected chi connectivity index (χ0v) is 9.24. The molecule has 1 saturated carbocycles. The molecule has 0 aromatic heterocycles. The van der Waals surface area contributed by atoms with Gasteiger partial charge in [-0.1, -0.05) is 13.8 Å². The first kappa shape index (κ1) is 12.0. The molecule has 2 unspecified atom stereocenters. The molecule has 84 valence electrons. The molecule has 1 rings (SSSR count). The van der Waals surface area contributed by atoms with Gasteiger partial charge in [-0.3, -0.25) is 0 Å². The Kier molecular flexibility index (Phi) is 3.93. The predicted octanol–water partition coefficient (Wildman–Crippen LogP) is 0.883. The van der Waals surface area contributed by atoms with Gasteiger partial charge < -0.3 is 15.9 Å². The van der Waals surface area contributed by atoms with Gasteiger partial charge in [0, 0.05) is 0 Å². The van der Waals surface area contributed by atoms with Crippen LogP contribution in [0.25, 0.3) is 0 Å². The van der Waals surface area contributed by atoms with Gasteiger partial charge in [0.15, 0.2) is 0 Å². The number of aliphatic hydroxyl groups is 2. The van der Waals surface area contributed by atoms with Crippen LogP contribution in [0.4, 0.5) is 0 Å². The Labute approximate surface area is 86.3 Å². The highest BCUT2D eigenvalue weighted by molar-refractivity contribution is 4.85. The Morgan fingerprint density at radius 3 is 2.29 bits per heavy atom. The molecule has 1 aliphatic rings. The van der Waals surface area contributed by atoms with Crippen molar-refractivity contribution in [1.29, 1.82) is 0 Å². The van der Waals surface area contributed by atoms with Gasteiger partial charge in [-0.05, 0) is 37.0 Å². The third-order valence-corrected chi connectivity index (χ3v) is 3.52. The van der Waals surface area contributed by atoms with Crippen LogP contribution in [0.2, 0.25) is 0 Å². The van der Waals surface area contributed by atoms with Crippen LogP contribution in [0.5, 0.6) is 0 Å². The smallest absolute Gasteiger partial charge is 0.0741 e. The van der Waals surface area contributed by atoms with Crippen molar-refractivity contribution in [1.82, 2.24) is 0 Å². The molecule has 4 N–H and O–H groups in total. The van der Waals surface area contributed by atoms with E-state index in [4.69, 9.17) is 10.8 Å². The summed E-state index contributed by atoms with van der Waals surface area (Å²) in [6, 6.07) is -0.471. The monoisotopic (exact) mass is 201 g/mol. The molecule has 0 radical (unpaired) electrons. The molecule has 1 fully saturated rings. The topological polar surface area (TPSA) is 66.5 Å². The zero-order valence-electron chi connectivity index (χ0n) is 9.24. The molecule has 3 nitrogen and oxygen atoms in total. The summed E-state index contributed by atoms with van der Waals surface area (Å²) in [4.78, 5) is 0. The van der Waals surface area contributed by atoms with Crippen LogP contribution in [0.3, 0.4) is 0 Å². The van der Waals surface area contributed by atoms with Gasteiger partial charge >= 0.3 is 0 Å². The molecule has 14 heavy (non-hydrogen) atoms. The maximum Gasteiger partial charge on any atom is 0.0741 e. The molecule has 2 atom stereocenters. The molecule has 3 heteroatoms. The van der Waals surface area contributed by atoms with Gasteiger partial charge in [-0.15, -0.1) is 0 Å². The average molecular weight is 201 g/mol. The van der Waals surface area contributed by atoms with E-state index in [9.17, 15) is 5.11 Å². The van der Waals surface area contributed by atoms with Crippen molar-refractivity contribution in [2.24, 2.45) is 17.1 Å². The average Bonchev–Trinajstić information content (AvgIpc) is 2.15. The van der Waals surface area contributed by atoms with Crippen LogP contribution in [0.15, 0.2) is 0 Å². The van der Waals surface area contributed by atoms with Crippen molar-refractivity contribution in [2.75, 3.05) is 6.61 Å². The number of nitrogens with two attached hydrogens (primary N) is 1. The number of aliphatic hydroxyl groups excluding tert-OH is 2. The van der Waals surface area contributed by atoms with E-state index in [2.05, 4.69) is 13.8 Å². The Balaban J connectivity index is 2.41. The molecule has 0 spiro atoms. The first-order valence-corrected chi connectivity index (χ1v) is 5.51. The molecular formula is C11H23NO2. The standard InChI is InChI=1S/C11H23NO2/c1-11(2)5-3-8(4-6-11)10(14)9(12)7-13/h8-10,13-14H,3-7,12H2,1-2H3. The molecule has 0 aromatic carbocycles. The van der Waals surface area contributed by atoms with E-state index in [0.717, 1.165) is 25.7 Å². The predicted molar refractivity (Wildman–Crippen MR) is 56.8 cm³/mol. The highest BCUT2D eigenvalue weighted by Gasteiger charge is 2.32. The van der Waals surface area contributed by atoms with Gasteiger partial charge in [-0.25, -0.2) is 0 Å². The van der Waals surface area contributed by atoms with Crippen molar-refractivity contribution in [2.45, 2.75) is 51.7 Å². The number of hydrogen-bond acceptors (Lipinski definition) is 3. The van der Waals surface area contributed by atoms with Crippen molar-refractivity contribution < 1.29 is 10.2 Å². The molecule has 0 bridgehead atoms. The lowest BCUT2D eigenvalue weighted by atomic mass is 9.71. The Morgan fingerprint density at radius 1 is 1.36 bits per heavy atom. The fraction of sp³-hybridized carbons (Fsp3) is 1.00. The molecule has 0 heterocycles. The third kappa shape index (κ3) is 2.94. The summed E-state index contributed by atoms with van der Waals surface area (Å²) >= 11 is 0. The Bertz CT molecular complexity index is 172. The molecule has 0 amide bonds. The van der Waals surface area contributed by atoms with Crippen molar-refractivity contribution in [3.8, 4) is 0 Å². The lowest BCUT2D eigenvalue weighted by molar-refractivity contribution is 0.0249. The summed E-state index contributed by atoms with van der Waals surface area (Å²) in [6.07, 6.45) is 3.82. The summed E-state index contributed by atoms with van der Waals surface area (Å²) in [5.41, 5.74) is 6.03. The van der Waals surface area contributed by atoms with Crippen LogP contribution in [-0.2, 0) is 0 Å². The van der Waals surface area contributed by atoms with Crippen LogP contribution in [-0.4, -0.2) is 29.0 Å². The minimum absolute atomic E-state index is 0.124. The van der Waals surface area contributed by atoms with E-state index in [-0.39, 0.29) is 12.5 Å². The van der Waals surface area contributed by atoms with E-state index < -0.39 is 12.1 Å². The van der Waals surface area contributed by atoms with Crippen molar-refractivity contribution in [3.05, 3.63) is 0 Å². The van der Waals surface area contributed by atoms with E-state index in [1.165, 1.54) is 0 Å². The normalized spacial score (nSPS) is 27.2. The maximum absolute atomic E-state index is 9.83. The van der Waals surface area contributed by atoms with Gasteiger partial charge in [0.25, 0.3) is 0 Å². The fourth-order valence-electron chi connectivity index (χ4n) is 2.22. The zero-order chi connectivity index (χ0) is 10.8. The van der Waals surface area contributed by atoms with E-state index in [1.807, 2.05) is 0 Å². The van der Waals surface area contributed by atoms with Crippen molar-refractivity contribution >= 4 is 0 Å².